The summed E-state index contributed by atoms with van der Waals surface area (Å²) in [4.78, 5) is 0. The van der Waals surface area contributed by atoms with Crippen molar-refractivity contribution in [2.45, 2.75) is 32.9 Å². The molecule has 1 unspecified atom stereocenters. The van der Waals surface area contributed by atoms with Crippen LogP contribution in [0.25, 0.3) is 0 Å². The van der Waals surface area contributed by atoms with E-state index in [0.717, 1.165) is 31.2 Å². The van der Waals surface area contributed by atoms with Crippen LogP contribution in [0.15, 0.2) is 24.3 Å². The SMILES string of the molecule is Cc1cccc(Cc2nnc3n2CCNC3C)c1. The first-order valence-electron chi connectivity index (χ1n) is 6.45. The summed E-state index contributed by atoms with van der Waals surface area (Å²) in [7, 11) is 0. The van der Waals surface area contributed by atoms with Crippen molar-refractivity contribution in [2.75, 3.05) is 6.54 Å². The molecule has 0 saturated heterocycles. The number of nitrogens with one attached hydrogen (secondary N) is 1. The quantitative estimate of drug-likeness (QED) is 0.874. The number of aromatic nitrogens is 3. The summed E-state index contributed by atoms with van der Waals surface area (Å²) in [5, 5.41) is 12.1. The maximum atomic E-state index is 4.35. The van der Waals surface area contributed by atoms with Gasteiger partial charge in [0.1, 0.15) is 11.6 Å². The van der Waals surface area contributed by atoms with Crippen LogP contribution >= 0.6 is 0 Å². The summed E-state index contributed by atoms with van der Waals surface area (Å²) in [6.07, 6.45) is 0.862. The number of benzene rings is 1. The minimum atomic E-state index is 0.303. The van der Waals surface area contributed by atoms with E-state index >= 15 is 0 Å². The van der Waals surface area contributed by atoms with Crippen LogP contribution in [0.3, 0.4) is 0 Å². The van der Waals surface area contributed by atoms with Crippen LogP contribution in [0.4, 0.5) is 0 Å². The Bertz CT molecular complexity index is 559. The maximum Gasteiger partial charge on any atom is 0.149 e. The van der Waals surface area contributed by atoms with E-state index in [-0.39, 0.29) is 0 Å². The first kappa shape index (κ1) is 11.4. The highest BCUT2D eigenvalue weighted by Gasteiger charge is 2.21. The van der Waals surface area contributed by atoms with Gasteiger partial charge >= 0.3 is 0 Å². The Kier molecular flexibility index (Phi) is 2.88. The molecule has 0 saturated carbocycles. The monoisotopic (exact) mass is 242 g/mol. The van der Waals surface area contributed by atoms with Crippen molar-refractivity contribution in [3.05, 3.63) is 47.0 Å². The van der Waals surface area contributed by atoms with Gasteiger partial charge in [-0.3, -0.25) is 0 Å². The average molecular weight is 242 g/mol. The van der Waals surface area contributed by atoms with Gasteiger partial charge in [-0.2, -0.15) is 0 Å². The van der Waals surface area contributed by atoms with Crippen molar-refractivity contribution in [1.29, 1.82) is 0 Å². The second-order valence-corrected chi connectivity index (χ2v) is 4.97. The molecule has 2 heterocycles. The number of hydrogen-bond acceptors (Lipinski definition) is 3. The highest BCUT2D eigenvalue weighted by atomic mass is 15.3. The molecule has 0 radical (unpaired) electrons. The molecule has 1 aliphatic rings. The molecule has 94 valence electrons. The third-order valence-corrected chi connectivity index (χ3v) is 3.47. The van der Waals surface area contributed by atoms with Crippen LogP contribution < -0.4 is 5.32 Å². The molecule has 0 fully saturated rings. The van der Waals surface area contributed by atoms with Gasteiger partial charge in [-0.15, -0.1) is 10.2 Å². The zero-order chi connectivity index (χ0) is 12.5. The molecular weight excluding hydrogens is 224 g/mol. The van der Waals surface area contributed by atoms with Crippen LogP contribution in [-0.2, 0) is 13.0 Å². The molecule has 1 aliphatic heterocycles. The van der Waals surface area contributed by atoms with Gasteiger partial charge in [-0.25, -0.2) is 0 Å². The molecular formula is C14H18N4. The fourth-order valence-corrected chi connectivity index (χ4v) is 2.53. The largest absolute Gasteiger partial charge is 0.312 e. The number of nitrogens with zero attached hydrogens (tertiary/aromatic N) is 3. The third-order valence-electron chi connectivity index (χ3n) is 3.47. The maximum absolute atomic E-state index is 4.35. The molecule has 4 heteroatoms. The van der Waals surface area contributed by atoms with Gasteiger partial charge in [0.2, 0.25) is 0 Å². The predicted octanol–water partition coefficient (Wildman–Crippen LogP) is 1.84. The number of hydrogen-bond donors (Lipinski definition) is 1. The summed E-state index contributed by atoms with van der Waals surface area (Å²) < 4.78 is 2.25. The topological polar surface area (TPSA) is 42.7 Å². The first-order chi connectivity index (χ1) is 8.74. The van der Waals surface area contributed by atoms with Gasteiger partial charge in [0.05, 0.1) is 6.04 Å². The Morgan fingerprint density at radius 3 is 3.11 bits per heavy atom. The molecule has 1 aromatic heterocycles. The van der Waals surface area contributed by atoms with E-state index in [1.807, 2.05) is 0 Å². The summed E-state index contributed by atoms with van der Waals surface area (Å²) in [6, 6.07) is 8.89. The molecule has 1 atom stereocenters. The summed E-state index contributed by atoms with van der Waals surface area (Å²) in [6.45, 7) is 6.21. The molecule has 0 bridgehead atoms. The number of aryl methyl sites for hydroxylation is 1. The molecule has 0 amide bonds. The summed E-state index contributed by atoms with van der Waals surface area (Å²) in [5.41, 5.74) is 2.59. The lowest BCUT2D eigenvalue weighted by Crippen LogP contribution is -2.32. The Balaban J connectivity index is 1.90. The highest BCUT2D eigenvalue weighted by Crippen LogP contribution is 2.17. The standard InChI is InChI=1S/C14H18N4/c1-10-4-3-5-12(8-10)9-13-16-17-14-11(2)15-6-7-18(13)14/h3-5,8,11,15H,6-7,9H2,1-2H3. The molecule has 0 spiro atoms. The highest BCUT2D eigenvalue weighted by molar-refractivity contribution is 5.25. The molecule has 4 nitrogen and oxygen atoms in total. The van der Waals surface area contributed by atoms with E-state index in [2.05, 4.69) is 58.2 Å². The van der Waals surface area contributed by atoms with Gasteiger partial charge in [0.25, 0.3) is 0 Å². The van der Waals surface area contributed by atoms with Crippen molar-refractivity contribution in [3.8, 4) is 0 Å². The van der Waals surface area contributed by atoms with Gasteiger partial charge in [0, 0.05) is 19.5 Å². The average Bonchev–Trinajstić information content (AvgIpc) is 2.74. The minimum absolute atomic E-state index is 0.303. The van der Waals surface area contributed by atoms with E-state index in [9.17, 15) is 0 Å². The Hall–Kier alpha value is -1.68. The van der Waals surface area contributed by atoms with E-state index in [1.54, 1.807) is 0 Å². The van der Waals surface area contributed by atoms with Gasteiger partial charge in [0.15, 0.2) is 0 Å². The summed E-state index contributed by atoms with van der Waals surface area (Å²) >= 11 is 0. The molecule has 18 heavy (non-hydrogen) atoms. The van der Waals surface area contributed by atoms with Crippen LogP contribution in [0.5, 0.6) is 0 Å². The molecule has 0 aliphatic carbocycles. The zero-order valence-electron chi connectivity index (χ0n) is 10.8. The lowest BCUT2D eigenvalue weighted by Gasteiger charge is -2.21. The van der Waals surface area contributed by atoms with Crippen molar-refractivity contribution in [3.63, 3.8) is 0 Å². The second-order valence-electron chi connectivity index (χ2n) is 4.97. The second kappa shape index (κ2) is 4.53. The number of fused-ring (bicyclic) bond motifs is 1. The van der Waals surface area contributed by atoms with Crippen molar-refractivity contribution in [1.82, 2.24) is 20.1 Å². The van der Waals surface area contributed by atoms with Gasteiger partial charge in [-0.1, -0.05) is 29.8 Å². The van der Waals surface area contributed by atoms with Gasteiger partial charge in [-0.05, 0) is 19.4 Å². The first-order valence-corrected chi connectivity index (χ1v) is 6.45. The van der Waals surface area contributed by atoms with Crippen LogP contribution in [0.1, 0.15) is 35.7 Å². The van der Waals surface area contributed by atoms with Crippen molar-refractivity contribution < 1.29 is 0 Å². The Morgan fingerprint density at radius 2 is 2.28 bits per heavy atom. The normalized spacial score (nSPS) is 18.7. The third kappa shape index (κ3) is 2.04. The molecule has 2 aromatic rings. The van der Waals surface area contributed by atoms with Crippen molar-refractivity contribution >= 4 is 0 Å². The predicted molar refractivity (Wildman–Crippen MR) is 70.4 cm³/mol. The summed E-state index contributed by atoms with van der Waals surface area (Å²) in [5.74, 6) is 2.13. The zero-order valence-corrected chi connectivity index (χ0v) is 10.8. The fourth-order valence-electron chi connectivity index (χ4n) is 2.53. The minimum Gasteiger partial charge on any atom is -0.312 e. The van der Waals surface area contributed by atoms with Gasteiger partial charge < -0.3 is 9.88 Å². The van der Waals surface area contributed by atoms with E-state index < -0.39 is 0 Å². The number of rotatable bonds is 2. The van der Waals surface area contributed by atoms with E-state index in [4.69, 9.17) is 0 Å². The van der Waals surface area contributed by atoms with Crippen LogP contribution in [0, 0.1) is 6.92 Å². The van der Waals surface area contributed by atoms with Crippen LogP contribution in [0.2, 0.25) is 0 Å². The fraction of sp³-hybridized carbons (Fsp3) is 0.429. The smallest absolute Gasteiger partial charge is 0.149 e. The van der Waals surface area contributed by atoms with Crippen LogP contribution in [-0.4, -0.2) is 21.3 Å². The molecule has 1 N–H and O–H groups in total. The van der Waals surface area contributed by atoms with Crippen molar-refractivity contribution in [2.24, 2.45) is 0 Å². The van der Waals surface area contributed by atoms with E-state index in [0.29, 0.717) is 6.04 Å². The lowest BCUT2D eigenvalue weighted by atomic mass is 10.1. The Labute approximate surface area is 107 Å². The Morgan fingerprint density at radius 1 is 1.39 bits per heavy atom. The van der Waals surface area contributed by atoms with E-state index in [1.165, 1.54) is 11.1 Å². The lowest BCUT2D eigenvalue weighted by molar-refractivity contribution is 0.431. The molecule has 3 rings (SSSR count). The molecule has 1 aromatic carbocycles.